The molecule has 2 unspecified atom stereocenters. The van der Waals surface area contributed by atoms with Crippen LogP contribution in [0.15, 0.2) is 58.7 Å². The van der Waals surface area contributed by atoms with Gasteiger partial charge in [0.15, 0.2) is 0 Å². The molecule has 1 saturated heterocycles. The largest absolute Gasteiger partial charge is 0.355 e. The van der Waals surface area contributed by atoms with E-state index in [-0.39, 0.29) is 23.3 Å². The van der Waals surface area contributed by atoms with Crippen molar-refractivity contribution < 1.29 is 14.4 Å². The summed E-state index contributed by atoms with van der Waals surface area (Å²) in [6.07, 6.45) is 7.56. The molecule has 0 aliphatic carbocycles. The van der Waals surface area contributed by atoms with Gasteiger partial charge in [-0.25, -0.2) is 4.98 Å². The van der Waals surface area contributed by atoms with Gasteiger partial charge in [-0.05, 0) is 56.9 Å². The third-order valence-electron chi connectivity index (χ3n) is 6.41. The van der Waals surface area contributed by atoms with Crippen LogP contribution in [-0.4, -0.2) is 53.5 Å². The quantitative estimate of drug-likeness (QED) is 0.197. The molecular weight excluding hydrogens is 510 g/mol. The van der Waals surface area contributed by atoms with Crippen molar-refractivity contribution >= 4 is 36.3 Å². The topological polar surface area (TPSA) is 104 Å². The first-order valence-corrected chi connectivity index (χ1v) is 14.0. The molecule has 0 saturated carbocycles. The van der Waals surface area contributed by atoms with Crippen LogP contribution in [0.25, 0.3) is 10.4 Å². The fourth-order valence-corrected chi connectivity index (χ4v) is 5.07. The van der Waals surface area contributed by atoms with Crippen molar-refractivity contribution in [2.75, 3.05) is 6.54 Å². The molecule has 0 spiro atoms. The maximum Gasteiger partial charge on any atom is 0.253 e. The van der Waals surface area contributed by atoms with E-state index in [0.717, 1.165) is 30.6 Å². The zero-order valence-electron chi connectivity index (χ0n) is 23.9. The van der Waals surface area contributed by atoms with Gasteiger partial charge in [0, 0.05) is 25.3 Å². The molecule has 1 aliphatic rings. The highest BCUT2D eigenvalue weighted by molar-refractivity contribution is 7.13. The second-order valence-electron chi connectivity index (χ2n) is 10.5. The molecule has 0 radical (unpaired) electrons. The van der Waals surface area contributed by atoms with E-state index in [0.29, 0.717) is 18.5 Å². The van der Waals surface area contributed by atoms with Crippen molar-refractivity contribution in [1.82, 2.24) is 20.5 Å². The Balaban J connectivity index is 0.000000290. The first-order valence-electron chi connectivity index (χ1n) is 13.1. The molecule has 3 rings (SSSR count). The van der Waals surface area contributed by atoms with Crippen LogP contribution in [-0.2, 0) is 20.9 Å². The summed E-state index contributed by atoms with van der Waals surface area (Å²) < 4.78 is 0. The predicted octanol–water partition coefficient (Wildman–Crippen LogP) is 5.05. The standard InChI is InChI=1S/C18H29N3O2.C12H12N2OS/c1-7-9-14(12-19-6)16(22)20-15(18(3,4)5)17(23)21-11-8-10-13(21)2;1-9-12(16-8-14-9)11-4-2-10(3-5-11)6-13-7-15/h7,9,12-13,15H,6,8,10-11H2,1-5H3,(H,20,22);2-5,7-8H,6H2,1H3,(H,13,15)/b9-7-,14-12+;. The van der Waals surface area contributed by atoms with Crippen molar-refractivity contribution in [2.24, 2.45) is 10.4 Å². The van der Waals surface area contributed by atoms with E-state index < -0.39 is 6.04 Å². The van der Waals surface area contributed by atoms with E-state index in [1.807, 2.05) is 57.2 Å². The average Bonchev–Trinajstić information content (AvgIpc) is 3.53. The van der Waals surface area contributed by atoms with E-state index in [4.69, 9.17) is 0 Å². The Kier molecular flexibility index (Phi) is 12.3. The van der Waals surface area contributed by atoms with Crippen molar-refractivity contribution in [3.63, 3.8) is 0 Å². The number of allylic oxidation sites excluding steroid dienone is 1. The molecular formula is C30H41N5O3S. The molecule has 210 valence electrons. The molecule has 1 aromatic carbocycles. The van der Waals surface area contributed by atoms with E-state index >= 15 is 0 Å². The van der Waals surface area contributed by atoms with Gasteiger partial charge in [0.2, 0.25) is 12.3 Å². The van der Waals surface area contributed by atoms with Crippen LogP contribution in [0.2, 0.25) is 0 Å². The average molecular weight is 552 g/mol. The summed E-state index contributed by atoms with van der Waals surface area (Å²) in [4.78, 5) is 46.5. The lowest BCUT2D eigenvalue weighted by atomic mass is 9.85. The molecule has 2 aromatic rings. The SMILES string of the molecule is C=N/C=C(\C=C/C)C(=O)NC(C(=O)N1CCCC1C)C(C)(C)C.Cc1ncsc1-c1ccc(CNC=O)cc1. The van der Waals surface area contributed by atoms with E-state index in [9.17, 15) is 14.4 Å². The normalized spacial score (nSPS) is 16.3. The summed E-state index contributed by atoms with van der Waals surface area (Å²) in [5.74, 6) is -0.321. The van der Waals surface area contributed by atoms with Crippen LogP contribution in [0.4, 0.5) is 0 Å². The Hall–Kier alpha value is -3.59. The molecule has 8 nitrogen and oxygen atoms in total. The predicted molar refractivity (Wildman–Crippen MR) is 159 cm³/mol. The Morgan fingerprint density at radius 3 is 2.46 bits per heavy atom. The van der Waals surface area contributed by atoms with Crippen LogP contribution < -0.4 is 10.6 Å². The van der Waals surface area contributed by atoms with Crippen LogP contribution in [0.5, 0.6) is 0 Å². The lowest BCUT2D eigenvalue weighted by molar-refractivity contribution is -0.139. The number of hydrogen-bond acceptors (Lipinski definition) is 6. The molecule has 0 bridgehead atoms. The van der Waals surface area contributed by atoms with Crippen molar-refractivity contribution in [3.8, 4) is 10.4 Å². The molecule has 1 aliphatic heterocycles. The van der Waals surface area contributed by atoms with Crippen molar-refractivity contribution in [3.05, 3.63) is 65.0 Å². The molecule has 1 fully saturated rings. The van der Waals surface area contributed by atoms with Gasteiger partial charge in [0.05, 0.1) is 21.7 Å². The Morgan fingerprint density at radius 2 is 1.97 bits per heavy atom. The number of hydrogen-bond donors (Lipinski definition) is 2. The smallest absolute Gasteiger partial charge is 0.253 e. The maximum atomic E-state index is 12.9. The summed E-state index contributed by atoms with van der Waals surface area (Å²) >= 11 is 1.64. The highest BCUT2D eigenvalue weighted by atomic mass is 32.1. The number of likely N-dealkylation sites (tertiary alicyclic amines) is 1. The number of amides is 3. The van der Waals surface area contributed by atoms with Gasteiger partial charge in [-0.3, -0.25) is 19.4 Å². The lowest BCUT2D eigenvalue weighted by Gasteiger charge is -2.35. The third-order valence-corrected chi connectivity index (χ3v) is 7.39. The molecule has 2 heterocycles. The van der Waals surface area contributed by atoms with Crippen LogP contribution in [0.1, 0.15) is 58.7 Å². The number of nitrogens with zero attached hydrogens (tertiary/aromatic N) is 3. The molecule has 2 N–H and O–H groups in total. The maximum absolute atomic E-state index is 12.9. The van der Waals surface area contributed by atoms with Gasteiger partial charge >= 0.3 is 0 Å². The zero-order valence-corrected chi connectivity index (χ0v) is 24.7. The van der Waals surface area contributed by atoms with Gasteiger partial charge < -0.3 is 15.5 Å². The second kappa shape index (κ2) is 15.1. The van der Waals surface area contributed by atoms with Crippen LogP contribution in [0.3, 0.4) is 0 Å². The third kappa shape index (κ3) is 9.28. The van der Waals surface area contributed by atoms with Gasteiger partial charge in [0.1, 0.15) is 6.04 Å². The minimum absolute atomic E-state index is 0.0118. The number of carbonyl (C=O) groups excluding carboxylic acids is 3. The highest BCUT2D eigenvalue weighted by Crippen LogP contribution is 2.27. The molecule has 39 heavy (non-hydrogen) atoms. The Morgan fingerprint density at radius 1 is 1.28 bits per heavy atom. The second-order valence-corrected chi connectivity index (χ2v) is 11.4. The first-order chi connectivity index (χ1) is 18.5. The number of thiazole rings is 1. The van der Waals surface area contributed by atoms with Crippen molar-refractivity contribution in [2.45, 2.75) is 73.0 Å². The Bertz CT molecular complexity index is 1180. The van der Waals surface area contributed by atoms with Gasteiger partial charge in [-0.1, -0.05) is 57.2 Å². The van der Waals surface area contributed by atoms with Gasteiger partial charge in [-0.2, -0.15) is 0 Å². The van der Waals surface area contributed by atoms with E-state index in [1.54, 1.807) is 23.5 Å². The number of benzene rings is 1. The number of aliphatic imine (C=N–C) groups is 1. The number of aryl methyl sites for hydroxylation is 1. The monoisotopic (exact) mass is 551 g/mol. The van der Waals surface area contributed by atoms with E-state index in [2.05, 4.69) is 46.4 Å². The number of carbonyl (C=O) groups is 3. The first kappa shape index (κ1) is 31.6. The minimum Gasteiger partial charge on any atom is -0.355 e. The summed E-state index contributed by atoms with van der Waals surface area (Å²) in [5, 5.41) is 5.53. The number of aromatic nitrogens is 1. The summed E-state index contributed by atoms with van der Waals surface area (Å²) in [5.41, 5.74) is 5.19. The lowest BCUT2D eigenvalue weighted by Crippen LogP contribution is -2.55. The molecule has 2 atom stereocenters. The fraction of sp³-hybridized carbons (Fsp3) is 0.433. The van der Waals surface area contributed by atoms with E-state index in [1.165, 1.54) is 16.6 Å². The zero-order chi connectivity index (χ0) is 29.0. The number of rotatable bonds is 9. The highest BCUT2D eigenvalue weighted by Gasteiger charge is 2.38. The van der Waals surface area contributed by atoms with Gasteiger partial charge in [-0.15, -0.1) is 11.3 Å². The van der Waals surface area contributed by atoms with Gasteiger partial charge in [0.25, 0.3) is 5.91 Å². The van der Waals surface area contributed by atoms with Crippen LogP contribution in [0, 0.1) is 12.3 Å². The Labute approximate surface area is 236 Å². The summed E-state index contributed by atoms with van der Waals surface area (Å²) in [6.45, 7) is 16.5. The van der Waals surface area contributed by atoms with Crippen LogP contribution >= 0.6 is 11.3 Å². The van der Waals surface area contributed by atoms with Crippen molar-refractivity contribution in [1.29, 1.82) is 0 Å². The summed E-state index contributed by atoms with van der Waals surface area (Å²) in [6, 6.07) is 7.80. The fourth-order valence-electron chi connectivity index (χ4n) is 4.26. The number of nitrogens with one attached hydrogen (secondary N) is 2. The minimum atomic E-state index is -0.575. The molecule has 3 amide bonds. The summed E-state index contributed by atoms with van der Waals surface area (Å²) in [7, 11) is 0. The molecule has 9 heteroatoms. The molecule has 1 aromatic heterocycles.